The molecule has 0 aliphatic carbocycles. The summed E-state index contributed by atoms with van der Waals surface area (Å²) < 4.78 is 0. The second kappa shape index (κ2) is 5.87. The van der Waals surface area contributed by atoms with Crippen molar-refractivity contribution in [2.24, 2.45) is 0 Å². The van der Waals surface area contributed by atoms with Crippen LogP contribution in [-0.4, -0.2) is 41.6 Å². The zero-order valence-electron chi connectivity index (χ0n) is 10.7. The van der Waals surface area contributed by atoms with Crippen molar-refractivity contribution in [2.75, 3.05) is 19.6 Å². The standard InChI is InChI=1S/C14H20N2O2/c1-2-16-9-5-6-11(16)10-15-14(18)12-7-3-4-8-13(12)17/h3-4,7-8,11,17H,2,5-6,9-10H2,1H3,(H,15,18). The molecule has 1 atom stereocenters. The van der Waals surface area contributed by atoms with Crippen LogP contribution in [0.15, 0.2) is 24.3 Å². The van der Waals surface area contributed by atoms with E-state index >= 15 is 0 Å². The number of likely N-dealkylation sites (tertiary alicyclic amines) is 1. The molecule has 1 aliphatic heterocycles. The van der Waals surface area contributed by atoms with Crippen molar-refractivity contribution in [3.8, 4) is 5.75 Å². The summed E-state index contributed by atoms with van der Waals surface area (Å²) in [5.41, 5.74) is 0.346. The third-order valence-electron chi connectivity index (χ3n) is 3.55. The Morgan fingerprint density at radius 3 is 3.00 bits per heavy atom. The summed E-state index contributed by atoms with van der Waals surface area (Å²) in [6.07, 6.45) is 2.33. The molecule has 98 valence electrons. The van der Waals surface area contributed by atoms with Crippen LogP contribution >= 0.6 is 0 Å². The summed E-state index contributed by atoms with van der Waals surface area (Å²) in [6.45, 7) is 4.94. The Morgan fingerprint density at radius 1 is 1.50 bits per heavy atom. The summed E-state index contributed by atoms with van der Waals surface area (Å²) in [5.74, 6) is -0.162. The van der Waals surface area contributed by atoms with Gasteiger partial charge in [-0.25, -0.2) is 0 Å². The van der Waals surface area contributed by atoms with Crippen LogP contribution < -0.4 is 5.32 Å². The van der Waals surface area contributed by atoms with Gasteiger partial charge in [-0.2, -0.15) is 0 Å². The van der Waals surface area contributed by atoms with E-state index in [1.54, 1.807) is 18.2 Å². The Hall–Kier alpha value is -1.55. The van der Waals surface area contributed by atoms with Gasteiger partial charge in [0.15, 0.2) is 0 Å². The largest absolute Gasteiger partial charge is 0.507 e. The average molecular weight is 248 g/mol. The lowest BCUT2D eigenvalue weighted by molar-refractivity contribution is 0.0938. The van der Waals surface area contributed by atoms with E-state index in [0.29, 0.717) is 18.2 Å². The van der Waals surface area contributed by atoms with Crippen molar-refractivity contribution in [1.29, 1.82) is 0 Å². The molecule has 0 bridgehead atoms. The molecule has 18 heavy (non-hydrogen) atoms. The molecule has 4 nitrogen and oxygen atoms in total. The number of hydrogen-bond donors (Lipinski definition) is 2. The number of hydrogen-bond acceptors (Lipinski definition) is 3. The minimum atomic E-state index is -0.198. The molecule has 4 heteroatoms. The van der Waals surface area contributed by atoms with E-state index in [9.17, 15) is 9.90 Å². The molecule has 1 aromatic carbocycles. The molecule has 2 rings (SSSR count). The van der Waals surface area contributed by atoms with Gasteiger partial charge in [-0.05, 0) is 38.1 Å². The average Bonchev–Trinajstić information content (AvgIpc) is 2.84. The van der Waals surface area contributed by atoms with Gasteiger partial charge in [-0.15, -0.1) is 0 Å². The van der Waals surface area contributed by atoms with Gasteiger partial charge in [0.2, 0.25) is 0 Å². The number of phenolic OH excluding ortho intramolecular Hbond substituents is 1. The first-order chi connectivity index (χ1) is 8.72. The molecule has 1 heterocycles. The van der Waals surface area contributed by atoms with Gasteiger partial charge in [0.05, 0.1) is 5.56 Å². The number of aromatic hydroxyl groups is 1. The normalized spacial score (nSPS) is 19.9. The summed E-state index contributed by atoms with van der Waals surface area (Å²) in [6, 6.07) is 7.06. The highest BCUT2D eigenvalue weighted by atomic mass is 16.3. The lowest BCUT2D eigenvalue weighted by atomic mass is 10.1. The summed E-state index contributed by atoms with van der Waals surface area (Å²) in [5, 5.41) is 12.5. The van der Waals surface area contributed by atoms with Crippen molar-refractivity contribution < 1.29 is 9.90 Å². The number of para-hydroxylation sites is 1. The van der Waals surface area contributed by atoms with E-state index in [1.165, 1.54) is 12.5 Å². The molecule has 1 aromatic rings. The number of carbonyl (C=O) groups is 1. The SMILES string of the molecule is CCN1CCCC1CNC(=O)c1ccccc1O. The van der Waals surface area contributed by atoms with Crippen molar-refractivity contribution in [3.05, 3.63) is 29.8 Å². The third kappa shape index (κ3) is 2.82. The zero-order chi connectivity index (χ0) is 13.0. The Balaban J connectivity index is 1.91. The first kappa shape index (κ1) is 12.9. The number of carbonyl (C=O) groups excluding carboxylic acids is 1. The van der Waals surface area contributed by atoms with Gasteiger partial charge >= 0.3 is 0 Å². The van der Waals surface area contributed by atoms with E-state index in [4.69, 9.17) is 0 Å². The number of rotatable bonds is 4. The monoisotopic (exact) mass is 248 g/mol. The highest BCUT2D eigenvalue weighted by molar-refractivity contribution is 5.96. The highest BCUT2D eigenvalue weighted by Gasteiger charge is 2.23. The number of nitrogens with one attached hydrogen (secondary N) is 1. The molecule has 1 aliphatic rings. The Bertz CT molecular complexity index is 420. The second-order valence-corrected chi connectivity index (χ2v) is 4.65. The quantitative estimate of drug-likeness (QED) is 0.851. The van der Waals surface area contributed by atoms with Crippen molar-refractivity contribution in [1.82, 2.24) is 10.2 Å². The minimum Gasteiger partial charge on any atom is -0.507 e. The molecule has 1 fully saturated rings. The number of likely N-dealkylation sites (N-methyl/N-ethyl adjacent to an activating group) is 1. The summed E-state index contributed by atoms with van der Waals surface area (Å²) in [7, 11) is 0. The highest BCUT2D eigenvalue weighted by Crippen LogP contribution is 2.17. The molecule has 0 radical (unpaired) electrons. The predicted octanol–water partition coefficient (Wildman–Crippen LogP) is 1.61. The number of amides is 1. The van der Waals surface area contributed by atoms with Crippen LogP contribution in [0.3, 0.4) is 0 Å². The van der Waals surface area contributed by atoms with Crippen LogP contribution in [0.4, 0.5) is 0 Å². The third-order valence-corrected chi connectivity index (χ3v) is 3.55. The predicted molar refractivity (Wildman–Crippen MR) is 70.7 cm³/mol. The maximum absolute atomic E-state index is 11.9. The fourth-order valence-electron chi connectivity index (χ4n) is 2.51. The topological polar surface area (TPSA) is 52.6 Å². The molecule has 1 saturated heterocycles. The minimum absolute atomic E-state index is 0.0359. The van der Waals surface area contributed by atoms with Crippen molar-refractivity contribution in [2.45, 2.75) is 25.8 Å². The van der Waals surface area contributed by atoms with Crippen LogP contribution in [0.5, 0.6) is 5.75 Å². The van der Waals surface area contributed by atoms with E-state index in [0.717, 1.165) is 19.5 Å². The van der Waals surface area contributed by atoms with Gasteiger partial charge in [0.25, 0.3) is 5.91 Å². The smallest absolute Gasteiger partial charge is 0.255 e. The maximum Gasteiger partial charge on any atom is 0.255 e. The van der Waals surface area contributed by atoms with E-state index in [1.807, 2.05) is 0 Å². The Morgan fingerprint density at radius 2 is 2.28 bits per heavy atom. The van der Waals surface area contributed by atoms with Crippen molar-refractivity contribution >= 4 is 5.91 Å². The molecule has 0 aromatic heterocycles. The molecular weight excluding hydrogens is 228 g/mol. The summed E-state index contributed by atoms with van der Waals surface area (Å²) >= 11 is 0. The van der Waals surface area contributed by atoms with Crippen LogP contribution in [0, 0.1) is 0 Å². The molecular formula is C14H20N2O2. The fraction of sp³-hybridized carbons (Fsp3) is 0.500. The van der Waals surface area contributed by atoms with Gasteiger partial charge < -0.3 is 10.4 Å². The van der Waals surface area contributed by atoms with Crippen LogP contribution in [0.25, 0.3) is 0 Å². The molecule has 1 amide bonds. The first-order valence-electron chi connectivity index (χ1n) is 6.52. The van der Waals surface area contributed by atoms with Crippen LogP contribution in [-0.2, 0) is 0 Å². The van der Waals surface area contributed by atoms with Crippen LogP contribution in [0.1, 0.15) is 30.1 Å². The summed E-state index contributed by atoms with van der Waals surface area (Å²) in [4.78, 5) is 14.3. The lowest BCUT2D eigenvalue weighted by Gasteiger charge is -2.22. The molecule has 2 N–H and O–H groups in total. The molecule has 0 spiro atoms. The lowest BCUT2D eigenvalue weighted by Crippen LogP contribution is -2.40. The number of phenols is 1. The fourth-order valence-corrected chi connectivity index (χ4v) is 2.51. The molecule has 0 saturated carbocycles. The van der Waals surface area contributed by atoms with E-state index < -0.39 is 0 Å². The zero-order valence-corrected chi connectivity index (χ0v) is 10.7. The Labute approximate surface area is 108 Å². The first-order valence-corrected chi connectivity index (χ1v) is 6.52. The number of nitrogens with zero attached hydrogens (tertiary/aromatic N) is 1. The van der Waals surface area contributed by atoms with E-state index in [2.05, 4.69) is 17.1 Å². The van der Waals surface area contributed by atoms with Crippen LogP contribution in [0.2, 0.25) is 0 Å². The van der Waals surface area contributed by atoms with Gasteiger partial charge in [0, 0.05) is 12.6 Å². The maximum atomic E-state index is 11.9. The van der Waals surface area contributed by atoms with E-state index in [-0.39, 0.29) is 11.7 Å². The van der Waals surface area contributed by atoms with Gasteiger partial charge in [-0.1, -0.05) is 19.1 Å². The van der Waals surface area contributed by atoms with Gasteiger partial charge in [-0.3, -0.25) is 9.69 Å². The second-order valence-electron chi connectivity index (χ2n) is 4.65. The molecule has 1 unspecified atom stereocenters. The van der Waals surface area contributed by atoms with Crippen molar-refractivity contribution in [3.63, 3.8) is 0 Å². The number of benzene rings is 1. The van der Waals surface area contributed by atoms with Gasteiger partial charge in [0.1, 0.15) is 5.75 Å². The Kier molecular flexibility index (Phi) is 4.20.